The Morgan fingerprint density at radius 3 is 2.53 bits per heavy atom. The van der Waals surface area contributed by atoms with Crippen LogP contribution < -0.4 is 11.1 Å². The van der Waals surface area contributed by atoms with Crippen molar-refractivity contribution < 1.29 is 0 Å². The van der Waals surface area contributed by atoms with Gasteiger partial charge in [-0.1, -0.05) is 22.0 Å². The second-order valence-corrected chi connectivity index (χ2v) is 5.59. The summed E-state index contributed by atoms with van der Waals surface area (Å²) >= 11 is 6.97. The van der Waals surface area contributed by atoms with E-state index in [1.807, 2.05) is 43.3 Å². The van der Waals surface area contributed by atoms with E-state index in [1.54, 1.807) is 0 Å². The lowest BCUT2D eigenvalue weighted by atomic mass is 10.1. The van der Waals surface area contributed by atoms with E-state index < -0.39 is 0 Å². The number of benzene rings is 2. The Balaban J connectivity index is 2.37. The van der Waals surface area contributed by atoms with Crippen molar-refractivity contribution in [2.75, 3.05) is 11.1 Å². The number of rotatable bonds is 2. The minimum atomic E-state index is 0.754. The van der Waals surface area contributed by atoms with E-state index in [1.165, 1.54) is 0 Å². The number of hydrogen-bond donors (Lipinski definition) is 2. The van der Waals surface area contributed by atoms with Gasteiger partial charge >= 0.3 is 0 Å². The Morgan fingerprint density at radius 1 is 1.00 bits per heavy atom. The summed E-state index contributed by atoms with van der Waals surface area (Å²) < 4.78 is 2.05. The molecular weight excluding hydrogens is 344 g/mol. The van der Waals surface area contributed by atoms with E-state index in [0.717, 1.165) is 31.6 Å². The highest BCUT2D eigenvalue weighted by atomic mass is 79.9. The van der Waals surface area contributed by atoms with E-state index in [2.05, 4.69) is 37.2 Å². The Labute approximate surface area is 117 Å². The molecule has 2 nitrogen and oxygen atoms in total. The van der Waals surface area contributed by atoms with Gasteiger partial charge in [-0.05, 0) is 58.7 Å². The molecule has 0 amide bonds. The molecule has 4 heteroatoms. The number of hydrogen-bond acceptors (Lipinski definition) is 2. The fourth-order valence-corrected chi connectivity index (χ4v) is 2.22. The molecule has 0 aliphatic heterocycles. The maximum absolute atomic E-state index is 5.79. The SMILES string of the molecule is Cc1ccc(N)cc1Nc1cc(Br)ccc1Br. The van der Waals surface area contributed by atoms with Crippen LogP contribution in [0.3, 0.4) is 0 Å². The van der Waals surface area contributed by atoms with Crippen LogP contribution in [0.5, 0.6) is 0 Å². The number of nitrogens with one attached hydrogen (secondary N) is 1. The first-order valence-electron chi connectivity index (χ1n) is 5.14. The summed E-state index contributed by atoms with van der Waals surface area (Å²) in [6, 6.07) is 11.8. The van der Waals surface area contributed by atoms with Crippen LogP contribution in [0.2, 0.25) is 0 Å². The lowest BCUT2D eigenvalue weighted by molar-refractivity contribution is 1.42. The molecule has 3 N–H and O–H groups in total. The molecule has 0 aliphatic rings. The van der Waals surface area contributed by atoms with Crippen molar-refractivity contribution in [2.45, 2.75) is 6.92 Å². The zero-order valence-electron chi connectivity index (χ0n) is 9.30. The second kappa shape index (κ2) is 5.10. The Bertz CT molecular complexity index is 504. The number of aryl methyl sites for hydroxylation is 1. The molecule has 2 aromatic carbocycles. The minimum absolute atomic E-state index is 0.754. The fraction of sp³-hybridized carbons (Fsp3) is 0.0769. The first-order chi connectivity index (χ1) is 8.06. The van der Waals surface area contributed by atoms with Gasteiger partial charge in [0, 0.05) is 20.3 Å². The highest BCUT2D eigenvalue weighted by Crippen LogP contribution is 2.30. The molecule has 0 saturated heterocycles. The number of nitrogen functional groups attached to an aromatic ring is 1. The molecule has 0 saturated carbocycles. The fourth-order valence-electron chi connectivity index (χ4n) is 1.51. The van der Waals surface area contributed by atoms with Crippen molar-refractivity contribution in [1.29, 1.82) is 0 Å². The molecule has 0 radical (unpaired) electrons. The third-order valence-electron chi connectivity index (χ3n) is 2.46. The molecule has 0 aromatic heterocycles. The van der Waals surface area contributed by atoms with Crippen LogP contribution in [0.25, 0.3) is 0 Å². The zero-order chi connectivity index (χ0) is 12.4. The topological polar surface area (TPSA) is 38.0 Å². The van der Waals surface area contributed by atoms with Crippen LogP contribution >= 0.6 is 31.9 Å². The predicted molar refractivity (Wildman–Crippen MR) is 80.7 cm³/mol. The summed E-state index contributed by atoms with van der Waals surface area (Å²) in [5.41, 5.74) is 9.73. The van der Waals surface area contributed by atoms with Crippen LogP contribution in [-0.2, 0) is 0 Å². The smallest absolute Gasteiger partial charge is 0.0540 e. The highest BCUT2D eigenvalue weighted by Gasteiger charge is 2.04. The summed E-state index contributed by atoms with van der Waals surface area (Å²) in [5, 5.41) is 3.37. The molecule has 0 heterocycles. The monoisotopic (exact) mass is 354 g/mol. The highest BCUT2D eigenvalue weighted by molar-refractivity contribution is 9.11. The average Bonchev–Trinajstić information content (AvgIpc) is 2.28. The predicted octanol–water partition coefficient (Wildman–Crippen LogP) is 4.85. The molecule has 88 valence electrons. The molecule has 0 atom stereocenters. The molecule has 2 rings (SSSR count). The van der Waals surface area contributed by atoms with Crippen LogP contribution in [0.15, 0.2) is 45.3 Å². The Hall–Kier alpha value is -1.000. The maximum atomic E-state index is 5.79. The van der Waals surface area contributed by atoms with Gasteiger partial charge in [0.05, 0.1) is 5.69 Å². The summed E-state index contributed by atoms with van der Waals surface area (Å²) in [4.78, 5) is 0. The second-order valence-electron chi connectivity index (χ2n) is 3.82. The van der Waals surface area contributed by atoms with E-state index in [4.69, 9.17) is 5.73 Å². The lowest BCUT2D eigenvalue weighted by Crippen LogP contribution is -1.96. The average molecular weight is 356 g/mol. The summed E-state index contributed by atoms with van der Waals surface area (Å²) in [6.07, 6.45) is 0. The van der Waals surface area contributed by atoms with E-state index >= 15 is 0 Å². The largest absolute Gasteiger partial charge is 0.399 e. The van der Waals surface area contributed by atoms with Gasteiger partial charge in [0.2, 0.25) is 0 Å². The molecule has 2 aromatic rings. The van der Waals surface area contributed by atoms with E-state index in [-0.39, 0.29) is 0 Å². The van der Waals surface area contributed by atoms with Gasteiger partial charge in [-0.2, -0.15) is 0 Å². The van der Waals surface area contributed by atoms with Crippen LogP contribution in [0, 0.1) is 6.92 Å². The van der Waals surface area contributed by atoms with Gasteiger partial charge < -0.3 is 11.1 Å². The molecule has 0 fully saturated rings. The van der Waals surface area contributed by atoms with Crippen molar-refractivity contribution in [1.82, 2.24) is 0 Å². The van der Waals surface area contributed by atoms with Crippen molar-refractivity contribution in [3.63, 3.8) is 0 Å². The van der Waals surface area contributed by atoms with Crippen LogP contribution in [0.1, 0.15) is 5.56 Å². The van der Waals surface area contributed by atoms with Crippen molar-refractivity contribution in [2.24, 2.45) is 0 Å². The van der Waals surface area contributed by atoms with Gasteiger partial charge in [-0.25, -0.2) is 0 Å². The van der Waals surface area contributed by atoms with Gasteiger partial charge in [0.15, 0.2) is 0 Å². The molecule has 0 aliphatic carbocycles. The first kappa shape index (κ1) is 12.5. The van der Waals surface area contributed by atoms with Crippen LogP contribution in [-0.4, -0.2) is 0 Å². The number of anilines is 3. The summed E-state index contributed by atoms with van der Waals surface area (Å²) in [5.74, 6) is 0. The molecule has 0 spiro atoms. The van der Waals surface area contributed by atoms with Gasteiger partial charge in [-0.15, -0.1) is 0 Å². The Morgan fingerprint density at radius 2 is 1.76 bits per heavy atom. The normalized spacial score (nSPS) is 10.3. The van der Waals surface area contributed by atoms with E-state index in [9.17, 15) is 0 Å². The maximum Gasteiger partial charge on any atom is 0.0540 e. The number of nitrogens with two attached hydrogens (primary N) is 1. The van der Waals surface area contributed by atoms with E-state index in [0.29, 0.717) is 0 Å². The number of halogens is 2. The summed E-state index contributed by atoms with van der Waals surface area (Å²) in [6.45, 7) is 2.05. The quantitative estimate of drug-likeness (QED) is 0.756. The standard InChI is InChI=1S/C13H12Br2N2/c1-8-2-4-10(16)7-12(8)17-13-6-9(14)3-5-11(13)15/h2-7,17H,16H2,1H3. The zero-order valence-corrected chi connectivity index (χ0v) is 12.5. The van der Waals surface area contributed by atoms with Crippen LogP contribution in [0.4, 0.5) is 17.1 Å². The third-order valence-corrected chi connectivity index (χ3v) is 3.64. The summed E-state index contributed by atoms with van der Waals surface area (Å²) in [7, 11) is 0. The lowest BCUT2D eigenvalue weighted by Gasteiger charge is -2.12. The third kappa shape index (κ3) is 3.01. The molecular formula is C13H12Br2N2. The molecule has 0 bridgehead atoms. The molecule has 0 unspecified atom stereocenters. The minimum Gasteiger partial charge on any atom is -0.399 e. The van der Waals surface area contributed by atoms with Crippen molar-refractivity contribution >= 4 is 48.9 Å². The van der Waals surface area contributed by atoms with Gasteiger partial charge in [-0.3, -0.25) is 0 Å². The van der Waals surface area contributed by atoms with Gasteiger partial charge in [0.1, 0.15) is 0 Å². The van der Waals surface area contributed by atoms with Crippen molar-refractivity contribution in [3.8, 4) is 0 Å². The Kier molecular flexibility index (Phi) is 3.74. The van der Waals surface area contributed by atoms with Crippen molar-refractivity contribution in [3.05, 3.63) is 50.9 Å². The van der Waals surface area contributed by atoms with Gasteiger partial charge in [0.25, 0.3) is 0 Å². The first-order valence-corrected chi connectivity index (χ1v) is 6.73. The molecule has 17 heavy (non-hydrogen) atoms.